The molecule has 3 heteroatoms. The standard InChI is InChI=1S/C9H14O3/c1-12-9-7(5-10)3-2-4-8(9)6-11/h5-9H,2-4H2,1H3. The minimum atomic E-state index is -0.186. The number of carbonyl (C=O) groups is 2. The Balaban J connectivity index is 2.64. The van der Waals surface area contributed by atoms with Crippen LogP contribution >= 0.6 is 0 Å². The molecule has 2 unspecified atom stereocenters. The van der Waals surface area contributed by atoms with Gasteiger partial charge in [0.2, 0.25) is 0 Å². The molecule has 12 heavy (non-hydrogen) atoms. The maximum absolute atomic E-state index is 10.6. The van der Waals surface area contributed by atoms with Gasteiger partial charge in [0.05, 0.1) is 6.10 Å². The molecule has 0 saturated heterocycles. The first-order valence-corrected chi connectivity index (χ1v) is 4.27. The van der Waals surface area contributed by atoms with Crippen molar-refractivity contribution in [1.29, 1.82) is 0 Å². The van der Waals surface area contributed by atoms with Crippen LogP contribution in [-0.4, -0.2) is 25.8 Å². The van der Waals surface area contributed by atoms with Crippen molar-refractivity contribution in [1.82, 2.24) is 0 Å². The third-order valence-electron chi connectivity index (χ3n) is 2.54. The van der Waals surface area contributed by atoms with Crippen molar-refractivity contribution in [3.05, 3.63) is 0 Å². The molecular formula is C9H14O3. The topological polar surface area (TPSA) is 43.4 Å². The lowest BCUT2D eigenvalue weighted by Crippen LogP contribution is -2.36. The SMILES string of the molecule is COC1C(C=O)CCCC1C=O. The van der Waals surface area contributed by atoms with E-state index in [1.54, 1.807) is 7.11 Å². The Hall–Kier alpha value is -0.700. The van der Waals surface area contributed by atoms with Crippen molar-refractivity contribution < 1.29 is 14.3 Å². The highest BCUT2D eigenvalue weighted by Crippen LogP contribution is 2.28. The summed E-state index contributed by atoms with van der Waals surface area (Å²) in [6, 6.07) is 0. The molecular weight excluding hydrogens is 156 g/mol. The molecule has 1 saturated carbocycles. The lowest BCUT2D eigenvalue weighted by Gasteiger charge is -2.31. The fourth-order valence-corrected chi connectivity index (χ4v) is 1.88. The first kappa shape index (κ1) is 9.39. The molecule has 0 aromatic heterocycles. The summed E-state index contributed by atoms with van der Waals surface area (Å²) in [6.45, 7) is 0. The monoisotopic (exact) mass is 170 g/mol. The van der Waals surface area contributed by atoms with Gasteiger partial charge in [0, 0.05) is 18.9 Å². The number of rotatable bonds is 3. The summed E-state index contributed by atoms with van der Waals surface area (Å²) in [7, 11) is 1.56. The zero-order chi connectivity index (χ0) is 8.97. The number of aldehydes is 2. The predicted molar refractivity (Wildman–Crippen MR) is 43.8 cm³/mol. The summed E-state index contributed by atoms with van der Waals surface area (Å²) in [5.41, 5.74) is 0. The Morgan fingerprint density at radius 2 is 1.67 bits per heavy atom. The molecule has 1 rings (SSSR count). The van der Waals surface area contributed by atoms with E-state index in [1.165, 1.54) is 0 Å². The van der Waals surface area contributed by atoms with Crippen LogP contribution in [0.15, 0.2) is 0 Å². The average Bonchev–Trinajstić information content (AvgIpc) is 2.16. The van der Waals surface area contributed by atoms with Crippen LogP contribution < -0.4 is 0 Å². The Labute approximate surface area is 72.1 Å². The highest BCUT2D eigenvalue weighted by Gasteiger charge is 2.32. The molecule has 0 N–H and O–H groups in total. The van der Waals surface area contributed by atoms with Gasteiger partial charge >= 0.3 is 0 Å². The number of hydrogen-bond donors (Lipinski definition) is 0. The van der Waals surface area contributed by atoms with Crippen LogP contribution in [-0.2, 0) is 14.3 Å². The van der Waals surface area contributed by atoms with Gasteiger partial charge in [-0.15, -0.1) is 0 Å². The second-order valence-corrected chi connectivity index (χ2v) is 3.23. The number of hydrogen-bond acceptors (Lipinski definition) is 3. The van der Waals surface area contributed by atoms with E-state index in [9.17, 15) is 9.59 Å². The average molecular weight is 170 g/mol. The van der Waals surface area contributed by atoms with Gasteiger partial charge in [0.15, 0.2) is 0 Å². The molecule has 0 aromatic carbocycles. The summed E-state index contributed by atoms with van der Waals surface area (Å²) < 4.78 is 5.14. The molecule has 1 aliphatic rings. The van der Waals surface area contributed by atoms with E-state index in [1.807, 2.05) is 0 Å². The molecule has 68 valence electrons. The van der Waals surface area contributed by atoms with Crippen molar-refractivity contribution in [3.8, 4) is 0 Å². The van der Waals surface area contributed by atoms with E-state index in [4.69, 9.17) is 4.74 Å². The normalized spacial score (nSPS) is 35.9. The maximum Gasteiger partial charge on any atom is 0.125 e. The molecule has 0 heterocycles. The van der Waals surface area contributed by atoms with Crippen LogP contribution in [0.2, 0.25) is 0 Å². The van der Waals surface area contributed by atoms with Crippen LogP contribution in [0.25, 0.3) is 0 Å². The van der Waals surface area contributed by atoms with Crippen molar-refractivity contribution in [2.24, 2.45) is 11.8 Å². The van der Waals surface area contributed by atoms with Gasteiger partial charge in [-0.2, -0.15) is 0 Å². The predicted octanol–water partition coefficient (Wildman–Crippen LogP) is 0.816. The van der Waals surface area contributed by atoms with Crippen LogP contribution in [0.4, 0.5) is 0 Å². The van der Waals surface area contributed by atoms with Gasteiger partial charge in [0.25, 0.3) is 0 Å². The smallest absolute Gasteiger partial charge is 0.125 e. The van der Waals surface area contributed by atoms with Gasteiger partial charge in [-0.3, -0.25) is 0 Å². The van der Waals surface area contributed by atoms with Crippen molar-refractivity contribution in [2.45, 2.75) is 25.4 Å². The highest BCUT2D eigenvalue weighted by molar-refractivity contribution is 5.60. The molecule has 0 aliphatic heterocycles. The van der Waals surface area contributed by atoms with E-state index < -0.39 is 0 Å². The molecule has 0 bridgehead atoms. The van der Waals surface area contributed by atoms with Crippen molar-refractivity contribution in [3.63, 3.8) is 0 Å². The lowest BCUT2D eigenvalue weighted by molar-refractivity contribution is -0.125. The maximum atomic E-state index is 10.6. The second-order valence-electron chi connectivity index (χ2n) is 3.23. The summed E-state index contributed by atoms with van der Waals surface area (Å²) in [5.74, 6) is -0.169. The zero-order valence-electron chi connectivity index (χ0n) is 7.23. The van der Waals surface area contributed by atoms with E-state index in [-0.39, 0.29) is 17.9 Å². The van der Waals surface area contributed by atoms with Gasteiger partial charge in [0.1, 0.15) is 12.6 Å². The van der Waals surface area contributed by atoms with Crippen molar-refractivity contribution in [2.75, 3.05) is 7.11 Å². The molecule has 1 aliphatic carbocycles. The molecule has 0 amide bonds. The largest absolute Gasteiger partial charge is 0.380 e. The molecule has 2 atom stereocenters. The Kier molecular flexibility index (Phi) is 3.41. The van der Waals surface area contributed by atoms with E-state index in [2.05, 4.69) is 0 Å². The Morgan fingerprint density at radius 3 is 2.00 bits per heavy atom. The minimum absolute atomic E-state index is 0.0843. The summed E-state index contributed by atoms with van der Waals surface area (Å²) in [5, 5.41) is 0. The number of methoxy groups -OCH3 is 1. The lowest BCUT2D eigenvalue weighted by atomic mass is 9.80. The van der Waals surface area contributed by atoms with Crippen LogP contribution in [0.1, 0.15) is 19.3 Å². The summed E-state index contributed by atoms with van der Waals surface area (Å²) >= 11 is 0. The van der Waals surface area contributed by atoms with Gasteiger partial charge in [-0.05, 0) is 12.8 Å². The zero-order valence-corrected chi connectivity index (χ0v) is 7.23. The molecule has 0 aromatic rings. The van der Waals surface area contributed by atoms with Gasteiger partial charge in [-0.25, -0.2) is 0 Å². The molecule has 1 fully saturated rings. The van der Waals surface area contributed by atoms with Crippen molar-refractivity contribution >= 4 is 12.6 Å². The highest BCUT2D eigenvalue weighted by atomic mass is 16.5. The number of ether oxygens (including phenoxy) is 1. The first-order chi connectivity index (χ1) is 5.83. The molecule has 0 spiro atoms. The quantitative estimate of drug-likeness (QED) is 0.589. The fourth-order valence-electron chi connectivity index (χ4n) is 1.88. The van der Waals surface area contributed by atoms with E-state index in [0.717, 1.165) is 31.8 Å². The van der Waals surface area contributed by atoms with Crippen LogP contribution in [0.5, 0.6) is 0 Å². The third kappa shape index (κ3) is 1.72. The second kappa shape index (κ2) is 4.36. The summed E-state index contributed by atoms with van der Waals surface area (Å²) in [6.07, 6.45) is 4.28. The van der Waals surface area contributed by atoms with E-state index in [0.29, 0.717) is 0 Å². The molecule has 3 nitrogen and oxygen atoms in total. The fraction of sp³-hybridized carbons (Fsp3) is 0.778. The molecule has 0 radical (unpaired) electrons. The van der Waals surface area contributed by atoms with Gasteiger partial charge in [-0.1, -0.05) is 6.42 Å². The van der Waals surface area contributed by atoms with Gasteiger partial charge < -0.3 is 14.3 Å². The van der Waals surface area contributed by atoms with Crippen LogP contribution in [0.3, 0.4) is 0 Å². The first-order valence-electron chi connectivity index (χ1n) is 4.27. The van der Waals surface area contributed by atoms with E-state index >= 15 is 0 Å². The third-order valence-corrected chi connectivity index (χ3v) is 2.54. The minimum Gasteiger partial charge on any atom is -0.380 e. The number of carbonyl (C=O) groups excluding carboxylic acids is 2. The Bertz CT molecular complexity index is 151. The summed E-state index contributed by atoms with van der Waals surface area (Å²) in [4.78, 5) is 21.2. The Morgan fingerprint density at radius 1 is 1.17 bits per heavy atom. The van der Waals surface area contributed by atoms with Crippen LogP contribution in [0, 0.1) is 11.8 Å².